The highest BCUT2D eigenvalue weighted by Crippen LogP contribution is 1.92. The Labute approximate surface area is 106 Å². The van der Waals surface area contributed by atoms with Gasteiger partial charge in [-0.25, -0.2) is 0 Å². The molecule has 0 aliphatic rings. The Morgan fingerprint density at radius 1 is 1.59 bits per heavy atom. The molecule has 0 radical (unpaired) electrons. The van der Waals surface area contributed by atoms with Gasteiger partial charge in [-0.1, -0.05) is 0 Å². The SMILES string of the molecule is CC(O)S.N=C(N)NCCCC(N)C(=O)O.O. The Morgan fingerprint density at radius 2 is 2.00 bits per heavy atom. The van der Waals surface area contributed by atoms with Crippen molar-refractivity contribution in [3.05, 3.63) is 0 Å². The molecule has 0 rings (SSSR count). The third-order valence-corrected chi connectivity index (χ3v) is 1.32. The zero-order chi connectivity index (χ0) is 13.1. The van der Waals surface area contributed by atoms with Gasteiger partial charge in [-0.05, 0) is 19.8 Å². The van der Waals surface area contributed by atoms with Crippen LogP contribution in [0.4, 0.5) is 0 Å². The van der Waals surface area contributed by atoms with Crippen LogP contribution in [0.2, 0.25) is 0 Å². The quantitative estimate of drug-likeness (QED) is 0.101. The fourth-order valence-electron chi connectivity index (χ4n) is 0.669. The normalized spacial score (nSPS) is 12.2. The molecule has 2 unspecified atom stereocenters. The van der Waals surface area contributed by atoms with Crippen molar-refractivity contribution < 1.29 is 20.5 Å². The van der Waals surface area contributed by atoms with E-state index in [1.807, 2.05) is 0 Å². The average molecular weight is 270 g/mol. The number of carbonyl (C=O) groups is 1. The highest BCUT2D eigenvalue weighted by Gasteiger charge is 2.09. The molecule has 2 atom stereocenters. The molecule has 9 heteroatoms. The van der Waals surface area contributed by atoms with Crippen LogP contribution in [0.25, 0.3) is 0 Å². The standard InChI is InChI=1S/C6H14N4O2.C2H6OS.H2O/c7-4(5(11)12)2-1-3-10-6(8)9;1-2(3)4;/h4H,1-3,7H2,(H,11,12)(H4,8,9,10);2-4H,1H3;1H2. The number of aliphatic hydroxyl groups excluding tert-OH is 1. The first-order valence-electron chi connectivity index (χ1n) is 4.69. The largest absolute Gasteiger partial charge is 0.480 e. The maximum absolute atomic E-state index is 10.2. The number of rotatable bonds is 5. The third-order valence-electron chi connectivity index (χ3n) is 1.32. The molecule has 0 bridgehead atoms. The Balaban J connectivity index is -0.000000340. The number of nitrogens with one attached hydrogen (secondary N) is 2. The van der Waals surface area contributed by atoms with Gasteiger partial charge in [0, 0.05) is 6.54 Å². The van der Waals surface area contributed by atoms with Gasteiger partial charge in [-0.2, -0.15) is 0 Å². The molecule has 0 fully saturated rings. The lowest BCUT2D eigenvalue weighted by Crippen LogP contribution is -2.34. The van der Waals surface area contributed by atoms with Crippen molar-refractivity contribution in [3.8, 4) is 0 Å². The predicted molar refractivity (Wildman–Crippen MR) is 69.0 cm³/mol. The molecule has 0 amide bonds. The average Bonchev–Trinajstić information content (AvgIpc) is 2.10. The predicted octanol–water partition coefficient (Wildman–Crippen LogP) is -1.91. The first-order chi connectivity index (χ1) is 7.27. The number of hydrogen-bond acceptors (Lipinski definition) is 5. The lowest BCUT2D eigenvalue weighted by atomic mass is 10.2. The lowest BCUT2D eigenvalue weighted by Gasteiger charge is -2.06. The van der Waals surface area contributed by atoms with Crippen molar-refractivity contribution in [3.63, 3.8) is 0 Å². The Hall–Kier alpha value is -1.03. The zero-order valence-electron chi connectivity index (χ0n) is 9.68. The van der Waals surface area contributed by atoms with Gasteiger partial charge >= 0.3 is 5.97 Å². The van der Waals surface area contributed by atoms with Crippen LogP contribution in [0.1, 0.15) is 19.8 Å². The van der Waals surface area contributed by atoms with Gasteiger partial charge in [0.2, 0.25) is 0 Å². The van der Waals surface area contributed by atoms with E-state index < -0.39 is 17.4 Å². The number of carboxylic acid groups (broad SMARTS) is 1. The van der Waals surface area contributed by atoms with Crippen molar-refractivity contribution in [1.29, 1.82) is 5.41 Å². The summed E-state index contributed by atoms with van der Waals surface area (Å²) in [6.45, 7) is 2.07. The number of aliphatic hydroxyl groups is 1. The van der Waals surface area contributed by atoms with E-state index in [0.29, 0.717) is 19.4 Å². The topological polar surface area (TPSA) is 177 Å². The summed E-state index contributed by atoms with van der Waals surface area (Å²) in [5.74, 6) is -1.11. The minimum Gasteiger partial charge on any atom is -0.480 e. The van der Waals surface area contributed by atoms with Crippen molar-refractivity contribution in [2.75, 3.05) is 6.54 Å². The second-order valence-electron chi connectivity index (χ2n) is 3.06. The minimum absolute atomic E-state index is 0. The van der Waals surface area contributed by atoms with E-state index in [4.69, 9.17) is 27.1 Å². The first kappa shape index (κ1) is 21.3. The molecular weight excluding hydrogens is 248 g/mol. The fourth-order valence-corrected chi connectivity index (χ4v) is 0.669. The Bertz CT molecular complexity index is 213. The van der Waals surface area contributed by atoms with Crippen LogP contribution in [0.15, 0.2) is 0 Å². The number of hydrogen-bond donors (Lipinski definition) is 7. The van der Waals surface area contributed by atoms with E-state index in [2.05, 4.69) is 17.9 Å². The van der Waals surface area contributed by atoms with Gasteiger partial charge in [-0.3, -0.25) is 10.2 Å². The number of guanidine groups is 1. The van der Waals surface area contributed by atoms with E-state index in [-0.39, 0.29) is 11.4 Å². The number of thiol groups is 1. The summed E-state index contributed by atoms with van der Waals surface area (Å²) in [6, 6.07) is -0.821. The molecule has 0 aromatic heterocycles. The lowest BCUT2D eigenvalue weighted by molar-refractivity contribution is -0.138. The van der Waals surface area contributed by atoms with Crippen LogP contribution in [-0.2, 0) is 4.79 Å². The maximum Gasteiger partial charge on any atom is 0.320 e. The zero-order valence-corrected chi connectivity index (χ0v) is 10.6. The minimum atomic E-state index is -1.00. The van der Waals surface area contributed by atoms with Crippen LogP contribution >= 0.6 is 12.6 Å². The molecule has 17 heavy (non-hydrogen) atoms. The molecular formula is C8H22N4O4S. The molecule has 0 aromatic rings. The Morgan fingerprint density at radius 3 is 2.29 bits per heavy atom. The van der Waals surface area contributed by atoms with Crippen molar-refractivity contribution in [1.82, 2.24) is 5.32 Å². The monoisotopic (exact) mass is 270 g/mol. The van der Waals surface area contributed by atoms with E-state index in [1.165, 1.54) is 0 Å². The molecule has 8 nitrogen and oxygen atoms in total. The molecule has 0 aromatic carbocycles. The molecule has 104 valence electrons. The number of aliphatic carboxylic acids is 1. The van der Waals surface area contributed by atoms with Crippen LogP contribution in [0, 0.1) is 5.41 Å². The second kappa shape index (κ2) is 13.0. The van der Waals surface area contributed by atoms with Crippen molar-refractivity contribution in [2.24, 2.45) is 11.5 Å². The van der Waals surface area contributed by atoms with Crippen LogP contribution in [-0.4, -0.2) is 45.6 Å². The summed E-state index contributed by atoms with van der Waals surface area (Å²) >= 11 is 3.52. The first-order valence-corrected chi connectivity index (χ1v) is 5.21. The number of carboxylic acids is 1. The smallest absolute Gasteiger partial charge is 0.320 e. The molecule has 0 aliphatic heterocycles. The Kier molecular flexibility index (Phi) is 16.3. The molecule has 0 aliphatic carbocycles. The van der Waals surface area contributed by atoms with Gasteiger partial charge in [-0.15, -0.1) is 12.6 Å². The van der Waals surface area contributed by atoms with Crippen LogP contribution < -0.4 is 16.8 Å². The highest BCUT2D eigenvalue weighted by atomic mass is 32.1. The van der Waals surface area contributed by atoms with E-state index in [9.17, 15) is 4.79 Å². The van der Waals surface area contributed by atoms with Crippen molar-refractivity contribution in [2.45, 2.75) is 31.2 Å². The summed E-state index contributed by atoms with van der Waals surface area (Å²) in [6.07, 6.45) is 0.975. The molecule has 0 saturated heterocycles. The summed E-state index contributed by atoms with van der Waals surface area (Å²) in [5.41, 5.74) is 9.74. The van der Waals surface area contributed by atoms with Gasteiger partial charge in [0.1, 0.15) is 6.04 Å². The fraction of sp³-hybridized carbons (Fsp3) is 0.750. The number of nitrogens with two attached hydrogens (primary N) is 2. The molecule has 0 heterocycles. The summed E-state index contributed by atoms with van der Waals surface area (Å²) in [5, 5.41) is 25.6. The molecule has 0 saturated carbocycles. The van der Waals surface area contributed by atoms with E-state index >= 15 is 0 Å². The molecule has 0 spiro atoms. The summed E-state index contributed by atoms with van der Waals surface area (Å²) in [7, 11) is 0. The van der Waals surface area contributed by atoms with Gasteiger partial charge < -0.3 is 32.5 Å². The van der Waals surface area contributed by atoms with Crippen LogP contribution in [0.3, 0.4) is 0 Å². The summed E-state index contributed by atoms with van der Waals surface area (Å²) < 4.78 is 0. The van der Waals surface area contributed by atoms with Crippen LogP contribution in [0.5, 0.6) is 0 Å². The van der Waals surface area contributed by atoms with Crippen molar-refractivity contribution >= 4 is 24.6 Å². The molecule has 10 N–H and O–H groups in total. The summed E-state index contributed by atoms with van der Waals surface area (Å²) in [4.78, 5) is 10.2. The van der Waals surface area contributed by atoms with Gasteiger partial charge in [0.25, 0.3) is 0 Å². The van der Waals surface area contributed by atoms with Gasteiger partial charge in [0.05, 0.1) is 5.44 Å². The third kappa shape index (κ3) is 25.3. The van der Waals surface area contributed by atoms with E-state index in [1.54, 1.807) is 6.92 Å². The maximum atomic E-state index is 10.2. The highest BCUT2D eigenvalue weighted by molar-refractivity contribution is 7.80. The van der Waals surface area contributed by atoms with Gasteiger partial charge in [0.15, 0.2) is 5.96 Å². The van der Waals surface area contributed by atoms with E-state index in [0.717, 1.165) is 0 Å². The second-order valence-corrected chi connectivity index (χ2v) is 3.81.